The second-order valence-electron chi connectivity index (χ2n) is 7.19. The second-order valence-corrected chi connectivity index (χ2v) is 8.90. The molecule has 1 atom stereocenters. The number of amides is 1. The summed E-state index contributed by atoms with van der Waals surface area (Å²) < 4.78 is 51.6. The zero-order valence-corrected chi connectivity index (χ0v) is 17.6. The van der Waals surface area contributed by atoms with Gasteiger partial charge in [0.25, 0.3) is 0 Å². The van der Waals surface area contributed by atoms with Crippen molar-refractivity contribution < 1.29 is 26.6 Å². The summed E-state index contributed by atoms with van der Waals surface area (Å²) >= 11 is 0. The molecule has 0 spiro atoms. The summed E-state index contributed by atoms with van der Waals surface area (Å²) in [6.07, 6.45) is 0.717. The van der Waals surface area contributed by atoms with Crippen molar-refractivity contribution in [2.24, 2.45) is 0 Å². The fourth-order valence-corrected chi connectivity index (χ4v) is 4.87. The summed E-state index contributed by atoms with van der Waals surface area (Å²) in [7, 11) is -3.89. The number of hydrogen-bond acceptors (Lipinski definition) is 8. The highest BCUT2D eigenvalue weighted by Gasteiger charge is 2.36. The number of carbonyl (C=O) groups excluding carboxylic acids is 1. The SMILES string of the molecule is Cc1noc(C)c1S(=O)(=O)NCc1noc([C@@H]2CCC(=O)N2Cc2ccccc2F)n1. The highest BCUT2D eigenvalue weighted by molar-refractivity contribution is 7.89. The van der Waals surface area contributed by atoms with Crippen molar-refractivity contribution in [1.82, 2.24) is 24.9 Å². The van der Waals surface area contributed by atoms with Crippen LogP contribution in [0.25, 0.3) is 0 Å². The van der Waals surface area contributed by atoms with Gasteiger partial charge in [-0.05, 0) is 26.3 Å². The number of nitrogens with one attached hydrogen (secondary N) is 1. The molecular weight excluding hydrogens is 429 g/mol. The number of sulfonamides is 1. The fourth-order valence-electron chi connectivity index (χ4n) is 3.56. The molecule has 3 aromatic rings. The van der Waals surface area contributed by atoms with Crippen LogP contribution >= 0.6 is 0 Å². The highest BCUT2D eigenvalue weighted by atomic mass is 32.2. The van der Waals surface area contributed by atoms with Crippen molar-refractivity contribution >= 4 is 15.9 Å². The van der Waals surface area contributed by atoms with Gasteiger partial charge in [-0.2, -0.15) is 4.98 Å². The minimum Gasteiger partial charge on any atom is -0.360 e. The smallest absolute Gasteiger partial charge is 0.249 e. The summed E-state index contributed by atoms with van der Waals surface area (Å²) in [4.78, 5) is 18.0. The predicted molar refractivity (Wildman–Crippen MR) is 103 cm³/mol. The van der Waals surface area contributed by atoms with Crippen LogP contribution in [0.1, 0.15) is 47.6 Å². The summed E-state index contributed by atoms with van der Waals surface area (Å²) in [5, 5.41) is 7.45. The highest BCUT2D eigenvalue weighted by Crippen LogP contribution is 2.33. The second kappa shape index (κ2) is 8.19. The molecule has 3 heterocycles. The van der Waals surface area contributed by atoms with Crippen molar-refractivity contribution in [2.45, 2.75) is 50.7 Å². The van der Waals surface area contributed by atoms with Crippen LogP contribution in [-0.4, -0.2) is 34.5 Å². The summed E-state index contributed by atoms with van der Waals surface area (Å²) in [6.45, 7) is 2.89. The number of rotatable bonds is 7. The zero-order chi connectivity index (χ0) is 22.2. The third-order valence-electron chi connectivity index (χ3n) is 5.05. The summed E-state index contributed by atoms with van der Waals surface area (Å²) in [6, 6.07) is 5.72. The molecule has 0 radical (unpaired) electrons. The molecule has 1 aliphatic rings. The first-order valence-corrected chi connectivity index (χ1v) is 11.0. The average molecular weight is 449 g/mol. The number of hydrogen-bond donors (Lipinski definition) is 1. The Balaban J connectivity index is 1.48. The van der Waals surface area contributed by atoms with Gasteiger partial charge >= 0.3 is 0 Å². The van der Waals surface area contributed by atoms with E-state index in [-0.39, 0.29) is 53.5 Å². The third kappa shape index (κ3) is 4.21. The Morgan fingerprint density at radius 2 is 2.00 bits per heavy atom. The normalized spacial score (nSPS) is 16.9. The lowest BCUT2D eigenvalue weighted by atomic mass is 10.1. The lowest BCUT2D eigenvalue weighted by Crippen LogP contribution is -2.28. The van der Waals surface area contributed by atoms with Crippen molar-refractivity contribution in [3.05, 3.63) is 58.8 Å². The molecule has 1 fully saturated rings. The van der Waals surface area contributed by atoms with Gasteiger partial charge in [-0.25, -0.2) is 17.5 Å². The van der Waals surface area contributed by atoms with Gasteiger partial charge in [0.05, 0.1) is 6.54 Å². The fraction of sp³-hybridized carbons (Fsp3) is 0.368. The van der Waals surface area contributed by atoms with E-state index in [0.717, 1.165) is 0 Å². The van der Waals surface area contributed by atoms with Gasteiger partial charge in [-0.3, -0.25) is 4.79 Å². The maximum atomic E-state index is 14.0. The molecule has 1 amide bonds. The van der Waals surface area contributed by atoms with Crippen LogP contribution in [0.3, 0.4) is 0 Å². The Morgan fingerprint density at radius 1 is 1.23 bits per heavy atom. The van der Waals surface area contributed by atoms with Crippen LogP contribution in [0.15, 0.2) is 38.2 Å². The first kappa shape index (κ1) is 21.1. The van der Waals surface area contributed by atoms with Gasteiger partial charge in [0, 0.05) is 18.5 Å². The van der Waals surface area contributed by atoms with E-state index < -0.39 is 21.9 Å². The standard InChI is InChI=1S/C19H20FN5O5S/c1-11-18(12(2)29-23-11)31(27,28)21-9-16-22-19(30-24-16)15-7-8-17(26)25(15)10-13-5-3-4-6-14(13)20/h3-6,15,21H,7-10H2,1-2H3/t15-/m0/s1. The molecule has 4 rings (SSSR count). The first-order valence-electron chi connectivity index (χ1n) is 9.54. The maximum absolute atomic E-state index is 14.0. The average Bonchev–Trinajstić information content (AvgIpc) is 3.42. The monoisotopic (exact) mass is 449 g/mol. The van der Waals surface area contributed by atoms with E-state index in [9.17, 15) is 17.6 Å². The Morgan fingerprint density at radius 3 is 2.71 bits per heavy atom. The minimum absolute atomic E-state index is 0.0336. The summed E-state index contributed by atoms with van der Waals surface area (Å²) in [5.74, 6) is -0.0932. The van der Waals surface area contributed by atoms with Crippen LogP contribution in [0, 0.1) is 19.7 Å². The van der Waals surface area contributed by atoms with Gasteiger partial charge in [0.15, 0.2) is 11.6 Å². The lowest BCUT2D eigenvalue weighted by Gasteiger charge is -2.22. The molecule has 31 heavy (non-hydrogen) atoms. The van der Waals surface area contributed by atoms with E-state index in [1.54, 1.807) is 18.2 Å². The van der Waals surface area contributed by atoms with Crippen LogP contribution in [-0.2, 0) is 27.9 Å². The molecule has 1 aliphatic heterocycles. The van der Waals surface area contributed by atoms with Crippen molar-refractivity contribution in [1.29, 1.82) is 0 Å². The van der Waals surface area contributed by atoms with Gasteiger partial charge < -0.3 is 13.9 Å². The number of aryl methyl sites for hydroxylation is 2. The van der Waals surface area contributed by atoms with E-state index in [2.05, 4.69) is 20.0 Å². The van der Waals surface area contributed by atoms with Gasteiger partial charge in [-0.1, -0.05) is 28.5 Å². The van der Waals surface area contributed by atoms with E-state index >= 15 is 0 Å². The molecule has 2 aromatic heterocycles. The number of benzene rings is 1. The van der Waals surface area contributed by atoms with E-state index in [0.29, 0.717) is 12.0 Å². The predicted octanol–water partition coefficient (Wildman–Crippen LogP) is 2.16. The van der Waals surface area contributed by atoms with Crippen LogP contribution in [0.2, 0.25) is 0 Å². The molecule has 1 aromatic carbocycles. The van der Waals surface area contributed by atoms with E-state index in [1.807, 2.05) is 0 Å². The zero-order valence-electron chi connectivity index (χ0n) is 16.8. The topological polar surface area (TPSA) is 131 Å². The lowest BCUT2D eigenvalue weighted by molar-refractivity contribution is -0.130. The molecule has 164 valence electrons. The molecule has 0 unspecified atom stereocenters. The summed E-state index contributed by atoms with van der Waals surface area (Å²) in [5.41, 5.74) is 0.627. The molecule has 0 bridgehead atoms. The molecule has 0 aliphatic carbocycles. The Labute approximate surface area is 177 Å². The van der Waals surface area contributed by atoms with Crippen molar-refractivity contribution in [3.63, 3.8) is 0 Å². The van der Waals surface area contributed by atoms with Crippen LogP contribution < -0.4 is 4.72 Å². The quantitative estimate of drug-likeness (QED) is 0.580. The Kier molecular flexibility index (Phi) is 5.58. The molecule has 1 saturated heterocycles. The van der Waals surface area contributed by atoms with Gasteiger partial charge in [-0.15, -0.1) is 0 Å². The molecule has 10 nitrogen and oxygen atoms in total. The minimum atomic E-state index is -3.89. The molecule has 12 heteroatoms. The molecule has 1 N–H and O–H groups in total. The number of likely N-dealkylation sites (tertiary alicyclic amines) is 1. The number of halogens is 1. The largest absolute Gasteiger partial charge is 0.360 e. The first-order chi connectivity index (χ1) is 14.8. The van der Waals surface area contributed by atoms with Crippen LogP contribution in [0.5, 0.6) is 0 Å². The third-order valence-corrected chi connectivity index (χ3v) is 6.70. The van der Waals surface area contributed by atoms with Crippen LogP contribution in [0.4, 0.5) is 4.39 Å². The van der Waals surface area contributed by atoms with Crippen molar-refractivity contribution in [2.75, 3.05) is 0 Å². The number of carbonyl (C=O) groups is 1. The van der Waals surface area contributed by atoms with Gasteiger partial charge in [0.1, 0.15) is 22.4 Å². The molecule has 0 saturated carbocycles. The Bertz CT molecular complexity index is 1200. The molecular formula is C19H20FN5O5S. The van der Waals surface area contributed by atoms with E-state index in [1.165, 1.54) is 24.8 Å². The maximum Gasteiger partial charge on any atom is 0.249 e. The van der Waals surface area contributed by atoms with Gasteiger partial charge in [0.2, 0.25) is 21.8 Å². The van der Waals surface area contributed by atoms with Crippen molar-refractivity contribution in [3.8, 4) is 0 Å². The number of nitrogens with zero attached hydrogens (tertiary/aromatic N) is 4. The van der Waals surface area contributed by atoms with E-state index in [4.69, 9.17) is 9.05 Å². The number of aromatic nitrogens is 3. The Hall–Kier alpha value is -3.12.